The molecule has 21 heavy (non-hydrogen) atoms. The van der Waals surface area contributed by atoms with Crippen molar-refractivity contribution >= 4 is 16.0 Å². The number of rotatable bonds is 7. The first-order valence-corrected chi connectivity index (χ1v) is 8.41. The molecule has 0 amide bonds. The highest BCUT2D eigenvalue weighted by molar-refractivity contribution is 7.89. The lowest BCUT2D eigenvalue weighted by molar-refractivity contribution is -0.148. The molecule has 0 radical (unpaired) electrons. The summed E-state index contributed by atoms with van der Waals surface area (Å²) in [7, 11) is -3.84. The summed E-state index contributed by atoms with van der Waals surface area (Å²) in [6.07, 6.45) is -4.87. The largest absolute Gasteiger partial charge is 0.481 e. The fourth-order valence-electron chi connectivity index (χ4n) is 2.62. The molecule has 1 fully saturated rings. The number of sulfonamides is 1. The van der Waals surface area contributed by atoms with E-state index in [-0.39, 0.29) is 19.5 Å². The number of halogens is 3. The number of hydrogen-bond donors (Lipinski definition) is 1. The van der Waals surface area contributed by atoms with E-state index < -0.39 is 46.2 Å². The maximum Gasteiger partial charge on any atom is 0.389 e. The SMILES string of the molecule is CCCC1(C(=O)O)CCN(S(=O)(=O)CCCC(F)(F)F)C1. The quantitative estimate of drug-likeness (QED) is 0.776. The minimum absolute atomic E-state index is 0.0562. The lowest BCUT2D eigenvalue weighted by atomic mass is 9.83. The summed E-state index contributed by atoms with van der Waals surface area (Å²) in [5, 5.41) is 9.29. The molecule has 0 aromatic carbocycles. The minimum Gasteiger partial charge on any atom is -0.481 e. The van der Waals surface area contributed by atoms with Crippen LogP contribution < -0.4 is 0 Å². The van der Waals surface area contributed by atoms with Gasteiger partial charge in [0.2, 0.25) is 10.0 Å². The molecule has 124 valence electrons. The molecule has 0 aliphatic carbocycles. The monoisotopic (exact) mass is 331 g/mol. The third-order valence-corrected chi connectivity index (χ3v) is 5.66. The Morgan fingerprint density at radius 2 is 2.00 bits per heavy atom. The molecule has 9 heteroatoms. The van der Waals surface area contributed by atoms with Crippen molar-refractivity contribution in [2.24, 2.45) is 5.41 Å². The van der Waals surface area contributed by atoms with Crippen LogP contribution in [0.5, 0.6) is 0 Å². The van der Waals surface area contributed by atoms with Gasteiger partial charge in [-0.15, -0.1) is 0 Å². The lowest BCUT2D eigenvalue weighted by Gasteiger charge is -2.24. The number of nitrogens with zero attached hydrogens (tertiary/aromatic N) is 1. The van der Waals surface area contributed by atoms with E-state index >= 15 is 0 Å². The average molecular weight is 331 g/mol. The van der Waals surface area contributed by atoms with E-state index in [0.717, 1.165) is 4.31 Å². The van der Waals surface area contributed by atoms with Crippen molar-refractivity contribution in [1.29, 1.82) is 0 Å². The minimum atomic E-state index is -4.38. The Labute approximate surface area is 122 Å². The van der Waals surface area contributed by atoms with Crippen LogP contribution in [0.4, 0.5) is 13.2 Å². The predicted molar refractivity (Wildman–Crippen MR) is 70.2 cm³/mol. The number of carbonyl (C=O) groups is 1. The Morgan fingerprint density at radius 1 is 1.38 bits per heavy atom. The van der Waals surface area contributed by atoms with Gasteiger partial charge in [-0.05, 0) is 19.3 Å². The molecule has 0 bridgehead atoms. The molecule has 1 saturated heterocycles. The molecule has 0 saturated carbocycles. The molecule has 1 aliphatic heterocycles. The van der Waals surface area contributed by atoms with Crippen LogP contribution in [0.2, 0.25) is 0 Å². The highest BCUT2D eigenvalue weighted by Gasteiger charge is 2.47. The van der Waals surface area contributed by atoms with Crippen LogP contribution in [0.15, 0.2) is 0 Å². The Bertz CT molecular complexity index is 477. The van der Waals surface area contributed by atoms with Gasteiger partial charge in [0.05, 0.1) is 11.2 Å². The van der Waals surface area contributed by atoms with Crippen LogP contribution in [-0.2, 0) is 14.8 Å². The van der Waals surface area contributed by atoms with E-state index in [2.05, 4.69) is 0 Å². The third-order valence-electron chi connectivity index (χ3n) is 3.76. The standard InChI is InChI=1S/C12H20F3NO4S/c1-2-4-11(10(17)18)6-7-16(9-11)21(19,20)8-3-5-12(13,14)15/h2-9H2,1H3,(H,17,18). The Morgan fingerprint density at radius 3 is 2.48 bits per heavy atom. The van der Waals surface area contributed by atoms with Crippen molar-refractivity contribution in [1.82, 2.24) is 4.31 Å². The highest BCUT2D eigenvalue weighted by atomic mass is 32.2. The van der Waals surface area contributed by atoms with Crippen molar-refractivity contribution < 1.29 is 31.5 Å². The molecule has 0 aromatic rings. The van der Waals surface area contributed by atoms with Gasteiger partial charge in [0, 0.05) is 19.5 Å². The van der Waals surface area contributed by atoms with Gasteiger partial charge in [0.15, 0.2) is 0 Å². The van der Waals surface area contributed by atoms with Crippen LogP contribution in [-0.4, -0.2) is 48.8 Å². The smallest absolute Gasteiger partial charge is 0.389 e. The van der Waals surface area contributed by atoms with Gasteiger partial charge in [0.1, 0.15) is 0 Å². The first-order chi connectivity index (χ1) is 9.52. The van der Waals surface area contributed by atoms with Crippen molar-refractivity contribution in [2.45, 2.75) is 45.2 Å². The van der Waals surface area contributed by atoms with Crippen LogP contribution in [0.25, 0.3) is 0 Å². The number of carboxylic acid groups (broad SMARTS) is 1. The second kappa shape index (κ2) is 6.51. The van der Waals surface area contributed by atoms with Gasteiger partial charge >= 0.3 is 12.1 Å². The second-order valence-electron chi connectivity index (χ2n) is 5.45. The van der Waals surface area contributed by atoms with Crippen LogP contribution in [0.1, 0.15) is 39.0 Å². The maximum absolute atomic E-state index is 12.1. The van der Waals surface area contributed by atoms with Crippen LogP contribution in [0.3, 0.4) is 0 Å². The zero-order valence-electron chi connectivity index (χ0n) is 11.8. The van der Waals surface area contributed by atoms with Gasteiger partial charge in [-0.1, -0.05) is 13.3 Å². The maximum atomic E-state index is 12.1. The molecule has 1 N–H and O–H groups in total. The normalized spacial score (nSPS) is 24.4. The highest BCUT2D eigenvalue weighted by Crippen LogP contribution is 2.37. The molecule has 0 aromatic heterocycles. The average Bonchev–Trinajstić information content (AvgIpc) is 2.74. The first kappa shape index (κ1) is 18.2. The molecule has 0 spiro atoms. The number of carboxylic acids is 1. The van der Waals surface area contributed by atoms with Crippen molar-refractivity contribution in [3.63, 3.8) is 0 Å². The Balaban J connectivity index is 2.68. The lowest BCUT2D eigenvalue weighted by Crippen LogP contribution is -2.37. The van der Waals surface area contributed by atoms with E-state index in [4.69, 9.17) is 0 Å². The van der Waals surface area contributed by atoms with E-state index in [9.17, 15) is 31.5 Å². The number of hydrogen-bond acceptors (Lipinski definition) is 3. The molecule has 1 aliphatic rings. The van der Waals surface area contributed by atoms with Gasteiger partial charge < -0.3 is 5.11 Å². The first-order valence-electron chi connectivity index (χ1n) is 6.80. The van der Waals surface area contributed by atoms with Crippen molar-refractivity contribution in [3.8, 4) is 0 Å². The van der Waals surface area contributed by atoms with Crippen LogP contribution in [0, 0.1) is 5.41 Å². The predicted octanol–water partition coefficient (Wildman–Crippen LogP) is 2.24. The second-order valence-corrected chi connectivity index (χ2v) is 7.54. The topological polar surface area (TPSA) is 74.7 Å². The van der Waals surface area contributed by atoms with Crippen LogP contribution >= 0.6 is 0 Å². The van der Waals surface area contributed by atoms with Gasteiger partial charge in [0.25, 0.3) is 0 Å². The van der Waals surface area contributed by atoms with Crippen molar-refractivity contribution in [2.75, 3.05) is 18.8 Å². The molecular weight excluding hydrogens is 311 g/mol. The zero-order valence-corrected chi connectivity index (χ0v) is 12.6. The summed E-state index contributed by atoms with van der Waals surface area (Å²) < 4.78 is 61.2. The molecule has 1 atom stereocenters. The summed E-state index contributed by atoms with van der Waals surface area (Å²) in [5.41, 5.74) is -1.11. The fraction of sp³-hybridized carbons (Fsp3) is 0.917. The molecule has 1 heterocycles. The summed E-state index contributed by atoms with van der Waals surface area (Å²) in [5.74, 6) is -1.65. The molecule has 5 nitrogen and oxygen atoms in total. The Kier molecular flexibility index (Phi) is 5.65. The van der Waals surface area contributed by atoms with E-state index in [1.807, 2.05) is 6.92 Å². The number of aliphatic carboxylic acids is 1. The van der Waals surface area contributed by atoms with E-state index in [1.54, 1.807) is 0 Å². The summed E-state index contributed by atoms with van der Waals surface area (Å²) in [6.45, 7) is 1.72. The van der Waals surface area contributed by atoms with Gasteiger partial charge in [-0.2, -0.15) is 13.2 Å². The number of alkyl halides is 3. The molecular formula is C12H20F3NO4S. The Hall–Kier alpha value is -0.830. The molecule has 1 unspecified atom stereocenters. The van der Waals surface area contributed by atoms with Crippen molar-refractivity contribution in [3.05, 3.63) is 0 Å². The van der Waals surface area contributed by atoms with E-state index in [1.165, 1.54) is 0 Å². The summed E-state index contributed by atoms with van der Waals surface area (Å²) in [6, 6.07) is 0. The van der Waals surface area contributed by atoms with Gasteiger partial charge in [-0.25, -0.2) is 12.7 Å². The zero-order chi connectivity index (χ0) is 16.3. The third kappa shape index (κ3) is 4.84. The van der Waals surface area contributed by atoms with Gasteiger partial charge in [-0.3, -0.25) is 4.79 Å². The summed E-state index contributed by atoms with van der Waals surface area (Å²) in [4.78, 5) is 11.4. The van der Waals surface area contributed by atoms with E-state index in [0.29, 0.717) is 12.8 Å². The molecule has 1 rings (SSSR count). The summed E-state index contributed by atoms with van der Waals surface area (Å²) >= 11 is 0. The fourth-order valence-corrected chi connectivity index (χ4v) is 4.20.